The minimum absolute atomic E-state index is 0.0640. The Balaban J connectivity index is 1.87. The fourth-order valence-electron chi connectivity index (χ4n) is 2.05. The van der Waals surface area contributed by atoms with Crippen LogP contribution < -0.4 is 5.32 Å². The van der Waals surface area contributed by atoms with Gasteiger partial charge in [-0.3, -0.25) is 9.59 Å². The summed E-state index contributed by atoms with van der Waals surface area (Å²) in [6.07, 6.45) is -1.23. The maximum Gasteiger partial charge on any atom is 0.345 e. The SMILES string of the molecule is O=C(CNC(=O)c1ccccc1)OC(Cc1ccccc1)C(=O)O. The van der Waals surface area contributed by atoms with Crippen LogP contribution in [0.4, 0.5) is 0 Å². The molecule has 0 aliphatic rings. The quantitative estimate of drug-likeness (QED) is 0.755. The number of rotatable bonds is 7. The Morgan fingerprint density at radius 1 is 0.958 bits per heavy atom. The maximum atomic E-state index is 11.8. The highest BCUT2D eigenvalue weighted by Gasteiger charge is 2.23. The van der Waals surface area contributed by atoms with Crippen LogP contribution in [0.5, 0.6) is 0 Å². The van der Waals surface area contributed by atoms with Gasteiger partial charge in [0.1, 0.15) is 6.54 Å². The molecule has 0 spiro atoms. The summed E-state index contributed by atoms with van der Waals surface area (Å²) in [5.74, 6) is -2.47. The lowest BCUT2D eigenvalue weighted by Crippen LogP contribution is -2.36. The number of aliphatic carboxylic acids is 1. The van der Waals surface area contributed by atoms with Gasteiger partial charge in [-0.1, -0.05) is 48.5 Å². The number of hydrogen-bond acceptors (Lipinski definition) is 4. The first-order valence-corrected chi connectivity index (χ1v) is 7.35. The third kappa shape index (κ3) is 5.24. The molecule has 2 N–H and O–H groups in total. The number of carbonyl (C=O) groups excluding carboxylic acids is 2. The van der Waals surface area contributed by atoms with Gasteiger partial charge in [0.25, 0.3) is 5.91 Å². The van der Waals surface area contributed by atoms with Gasteiger partial charge in [0.2, 0.25) is 6.10 Å². The summed E-state index contributed by atoms with van der Waals surface area (Å²) in [6, 6.07) is 17.2. The molecule has 6 heteroatoms. The number of carboxylic acids is 1. The van der Waals surface area contributed by atoms with Crippen LogP contribution in [0.15, 0.2) is 60.7 Å². The zero-order valence-electron chi connectivity index (χ0n) is 12.8. The number of carboxylic acid groups (broad SMARTS) is 1. The molecule has 0 aliphatic heterocycles. The molecule has 0 saturated heterocycles. The van der Waals surface area contributed by atoms with Crippen LogP contribution in [0, 0.1) is 0 Å². The number of nitrogens with one attached hydrogen (secondary N) is 1. The summed E-state index contributed by atoms with van der Waals surface area (Å²) in [6.45, 7) is -0.397. The minimum Gasteiger partial charge on any atom is -0.478 e. The fraction of sp³-hybridized carbons (Fsp3) is 0.167. The molecule has 2 aromatic rings. The largest absolute Gasteiger partial charge is 0.478 e. The van der Waals surface area contributed by atoms with Crippen molar-refractivity contribution in [3.05, 3.63) is 71.8 Å². The van der Waals surface area contributed by atoms with Gasteiger partial charge in [-0.2, -0.15) is 0 Å². The normalized spacial score (nSPS) is 11.3. The van der Waals surface area contributed by atoms with Crippen LogP contribution in [0.1, 0.15) is 15.9 Å². The zero-order valence-corrected chi connectivity index (χ0v) is 12.8. The van der Waals surface area contributed by atoms with Gasteiger partial charge in [0.15, 0.2) is 0 Å². The molecule has 0 radical (unpaired) electrons. The molecular formula is C18H17NO5. The molecular weight excluding hydrogens is 310 g/mol. The zero-order chi connectivity index (χ0) is 17.4. The first kappa shape index (κ1) is 17.2. The van der Waals surface area contributed by atoms with E-state index < -0.39 is 30.5 Å². The Morgan fingerprint density at radius 3 is 2.12 bits per heavy atom. The Hall–Kier alpha value is -3.15. The minimum atomic E-state index is -1.30. The average molecular weight is 327 g/mol. The predicted octanol–water partition coefficient (Wildman–Crippen LogP) is 1.66. The lowest BCUT2D eigenvalue weighted by atomic mass is 10.1. The van der Waals surface area contributed by atoms with Crippen molar-refractivity contribution < 1.29 is 24.2 Å². The Bertz CT molecular complexity index is 700. The molecule has 0 heterocycles. The van der Waals surface area contributed by atoms with Crippen molar-refractivity contribution in [2.45, 2.75) is 12.5 Å². The Morgan fingerprint density at radius 2 is 1.54 bits per heavy atom. The summed E-state index contributed by atoms with van der Waals surface area (Å²) in [5, 5.41) is 11.6. The van der Waals surface area contributed by atoms with E-state index in [4.69, 9.17) is 4.74 Å². The second kappa shape index (κ2) is 8.47. The van der Waals surface area contributed by atoms with Crippen LogP contribution in [0.2, 0.25) is 0 Å². The molecule has 124 valence electrons. The number of ether oxygens (including phenoxy) is 1. The molecule has 1 amide bonds. The molecule has 2 rings (SSSR count). The summed E-state index contributed by atoms with van der Waals surface area (Å²) in [4.78, 5) is 34.8. The molecule has 0 aromatic heterocycles. The highest BCUT2D eigenvalue weighted by molar-refractivity contribution is 5.96. The summed E-state index contributed by atoms with van der Waals surface area (Å²) < 4.78 is 4.95. The smallest absolute Gasteiger partial charge is 0.345 e. The molecule has 2 aromatic carbocycles. The molecule has 0 aliphatic carbocycles. The van der Waals surface area contributed by atoms with E-state index in [9.17, 15) is 19.5 Å². The summed E-state index contributed by atoms with van der Waals surface area (Å²) in [5.41, 5.74) is 1.15. The van der Waals surface area contributed by atoms with Crippen molar-refractivity contribution in [1.82, 2.24) is 5.32 Å². The average Bonchev–Trinajstić information content (AvgIpc) is 2.60. The van der Waals surface area contributed by atoms with E-state index >= 15 is 0 Å². The van der Waals surface area contributed by atoms with Gasteiger partial charge < -0.3 is 15.2 Å². The van der Waals surface area contributed by atoms with Crippen molar-refractivity contribution in [3.63, 3.8) is 0 Å². The summed E-state index contributed by atoms with van der Waals surface area (Å²) in [7, 11) is 0. The molecule has 0 bridgehead atoms. The molecule has 6 nitrogen and oxygen atoms in total. The van der Waals surface area contributed by atoms with Gasteiger partial charge in [-0.15, -0.1) is 0 Å². The number of amides is 1. The van der Waals surface area contributed by atoms with Crippen molar-refractivity contribution in [2.24, 2.45) is 0 Å². The highest BCUT2D eigenvalue weighted by atomic mass is 16.6. The first-order chi connectivity index (χ1) is 11.6. The number of benzene rings is 2. The van der Waals surface area contributed by atoms with Gasteiger partial charge in [0.05, 0.1) is 0 Å². The van der Waals surface area contributed by atoms with E-state index in [0.29, 0.717) is 5.56 Å². The number of esters is 1. The van der Waals surface area contributed by atoms with E-state index in [0.717, 1.165) is 5.56 Å². The first-order valence-electron chi connectivity index (χ1n) is 7.35. The standard InChI is InChI=1S/C18H17NO5/c20-16(12-19-17(21)14-9-5-2-6-10-14)24-15(18(22)23)11-13-7-3-1-4-8-13/h1-10,15H,11-12H2,(H,19,21)(H,22,23). The lowest BCUT2D eigenvalue weighted by Gasteiger charge is -2.14. The number of hydrogen-bond donors (Lipinski definition) is 2. The van der Waals surface area contributed by atoms with E-state index in [2.05, 4.69) is 5.32 Å². The Labute approximate surface area is 139 Å². The lowest BCUT2D eigenvalue weighted by molar-refractivity contribution is -0.163. The fourth-order valence-corrected chi connectivity index (χ4v) is 2.05. The monoisotopic (exact) mass is 327 g/mol. The van der Waals surface area contributed by atoms with E-state index in [1.54, 1.807) is 54.6 Å². The van der Waals surface area contributed by atoms with Crippen LogP contribution in [0.25, 0.3) is 0 Å². The van der Waals surface area contributed by atoms with Crippen LogP contribution in [0.3, 0.4) is 0 Å². The summed E-state index contributed by atoms with van der Waals surface area (Å²) >= 11 is 0. The van der Waals surface area contributed by atoms with Crippen molar-refractivity contribution in [2.75, 3.05) is 6.54 Å². The van der Waals surface area contributed by atoms with Crippen LogP contribution in [-0.4, -0.2) is 35.6 Å². The maximum absolute atomic E-state index is 11.8. The molecule has 1 unspecified atom stereocenters. The van der Waals surface area contributed by atoms with Crippen molar-refractivity contribution in [3.8, 4) is 0 Å². The van der Waals surface area contributed by atoms with Gasteiger partial charge in [-0.25, -0.2) is 4.79 Å². The topological polar surface area (TPSA) is 92.7 Å². The van der Waals surface area contributed by atoms with Gasteiger partial charge in [0, 0.05) is 12.0 Å². The third-order valence-electron chi connectivity index (χ3n) is 3.24. The van der Waals surface area contributed by atoms with Crippen LogP contribution in [-0.2, 0) is 20.7 Å². The molecule has 1 atom stereocenters. The van der Waals surface area contributed by atoms with Gasteiger partial charge in [-0.05, 0) is 17.7 Å². The van der Waals surface area contributed by atoms with E-state index in [-0.39, 0.29) is 6.42 Å². The third-order valence-corrected chi connectivity index (χ3v) is 3.24. The van der Waals surface area contributed by atoms with Gasteiger partial charge >= 0.3 is 11.9 Å². The molecule has 0 saturated carbocycles. The Kier molecular flexibility index (Phi) is 6.08. The number of carbonyl (C=O) groups is 3. The molecule has 0 fully saturated rings. The van der Waals surface area contributed by atoms with Crippen molar-refractivity contribution in [1.29, 1.82) is 0 Å². The van der Waals surface area contributed by atoms with E-state index in [1.807, 2.05) is 6.07 Å². The second-order valence-corrected chi connectivity index (χ2v) is 5.06. The predicted molar refractivity (Wildman–Crippen MR) is 86.4 cm³/mol. The highest BCUT2D eigenvalue weighted by Crippen LogP contribution is 2.07. The molecule has 24 heavy (non-hydrogen) atoms. The van der Waals surface area contributed by atoms with Crippen molar-refractivity contribution >= 4 is 17.8 Å². The van der Waals surface area contributed by atoms with Crippen LogP contribution >= 0.6 is 0 Å². The second-order valence-electron chi connectivity index (χ2n) is 5.06. The van der Waals surface area contributed by atoms with E-state index in [1.165, 1.54) is 0 Å².